The van der Waals surface area contributed by atoms with Crippen molar-refractivity contribution in [3.8, 4) is 45.4 Å². The van der Waals surface area contributed by atoms with Gasteiger partial charge in [0.1, 0.15) is 11.4 Å². The van der Waals surface area contributed by atoms with Crippen molar-refractivity contribution in [3.05, 3.63) is 70.2 Å². The van der Waals surface area contributed by atoms with Crippen molar-refractivity contribution in [3.63, 3.8) is 0 Å². The van der Waals surface area contributed by atoms with Gasteiger partial charge in [-0.15, -0.1) is 0 Å². The standard InChI is InChI=1S/C35H38Cl2N6O5/c1-46-34-25(11-3-6-20-12-13-31(45)41-20)38-16-26(42-34)23-9-4-7-21(32(23)36)22-8-5-10-24(33(22)37)27-17-39-28(35(43-27)47-2)18-40-29-19-48-15-14-30(29)44/h4-5,7-10,16-17,20,29-30,40,44H,3,6,11-15,18-19H2,1-2H3,(H,41,45)/t20-,29-,30-/m1/s1. The van der Waals surface area contributed by atoms with E-state index in [4.69, 9.17) is 47.4 Å². The molecule has 2 aromatic heterocycles. The lowest BCUT2D eigenvalue weighted by Gasteiger charge is -2.28. The molecule has 0 spiro atoms. The molecule has 13 heteroatoms. The number of hydrogen-bond donors (Lipinski definition) is 3. The van der Waals surface area contributed by atoms with Crippen LogP contribution in [-0.2, 0) is 22.5 Å². The van der Waals surface area contributed by atoms with Crippen LogP contribution in [-0.4, -0.2) is 76.6 Å². The predicted octanol–water partition coefficient (Wildman–Crippen LogP) is 5.43. The molecule has 3 N–H and O–H groups in total. The number of amides is 1. The Morgan fingerprint density at radius 2 is 1.52 bits per heavy atom. The molecule has 4 aromatic rings. The molecule has 0 radical (unpaired) electrons. The van der Waals surface area contributed by atoms with E-state index in [0.717, 1.165) is 36.1 Å². The summed E-state index contributed by atoms with van der Waals surface area (Å²) in [7, 11) is 3.12. The topological polar surface area (TPSA) is 141 Å². The molecule has 0 saturated carbocycles. The van der Waals surface area contributed by atoms with Crippen LogP contribution in [0.4, 0.5) is 0 Å². The highest BCUT2D eigenvalue weighted by atomic mass is 35.5. The molecule has 11 nitrogen and oxygen atoms in total. The van der Waals surface area contributed by atoms with Crippen LogP contribution in [0.15, 0.2) is 48.8 Å². The predicted molar refractivity (Wildman–Crippen MR) is 183 cm³/mol. The molecule has 3 atom stereocenters. The summed E-state index contributed by atoms with van der Waals surface area (Å²) in [6.45, 7) is 1.33. The molecule has 2 aromatic carbocycles. The zero-order valence-electron chi connectivity index (χ0n) is 26.8. The normalized spacial score (nSPS) is 19.3. The molecule has 0 aliphatic carbocycles. The maximum absolute atomic E-state index is 11.5. The van der Waals surface area contributed by atoms with Crippen LogP contribution in [0.25, 0.3) is 33.6 Å². The third-order valence-corrected chi connectivity index (χ3v) is 9.57. The summed E-state index contributed by atoms with van der Waals surface area (Å²) in [6, 6.07) is 11.4. The number of hydrogen-bond acceptors (Lipinski definition) is 10. The number of aromatic nitrogens is 4. The number of benzene rings is 2. The minimum absolute atomic E-state index is 0.119. The van der Waals surface area contributed by atoms with Gasteiger partial charge in [0, 0.05) is 47.9 Å². The van der Waals surface area contributed by atoms with Crippen LogP contribution in [0, 0.1) is 0 Å². The fourth-order valence-corrected chi connectivity index (χ4v) is 6.76. The molecule has 2 aliphatic heterocycles. The Hall–Kier alpha value is -3.87. The van der Waals surface area contributed by atoms with E-state index in [9.17, 15) is 9.90 Å². The largest absolute Gasteiger partial charge is 0.480 e. The van der Waals surface area contributed by atoms with E-state index in [1.54, 1.807) is 26.6 Å². The number of ether oxygens (including phenoxy) is 3. The van der Waals surface area contributed by atoms with Gasteiger partial charge < -0.3 is 30.0 Å². The Labute approximate surface area is 289 Å². The van der Waals surface area contributed by atoms with Crippen molar-refractivity contribution in [2.24, 2.45) is 0 Å². The van der Waals surface area contributed by atoms with Crippen molar-refractivity contribution in [2.45, 2.75) is 63.3 Å². The van der Waals surface area contributed by atoms with Crippen molar-refractivity contribution in [2.75, 3.05) is 27.4 Å². The molecule has 1 amide bonds. The minimum Gasteiger partial charge on any atom is -0.480 e. The Balaban J connectivity index is 1.22. The first-order chi connectivity index (χ1) is 23.4. The summed E-state index contributed by atoms with van der Waals surface area (Å²) in [6.07, 6.45) is 7.35. The number of aliphatic hydroxyl groups excluding tert-OH is 1. The Morgan fingerprint density at radius 3 is 2.10 bits per heavy atom. The zero-order chi connectivity index (χ0) is 33.6. The van der Waals surface area contributed by atoms with Gasteiger partial charge in [-0.05, 0) is 32.1 Å². The van der Waals surface area contributed by atoms with Crippen molar-refractivity contribution in [1.82, 2.24) is 30.6 Å². The number of aryl methyl sites for hydroxylation is 1. The lowest BCUT2D eigenvalue weighted by Crippen LogP contribution is -2.46. The molecule has 252 valence electrons. The van der Waals surface area contributed by atoms with Crippen molar-refractivity contribution >= 4 is 29.1 Å². The Bertz CT molecular complexity index is 1780. The average Bonchev–Trinajstić information content (AvgIpc) is 3.53. The number of rotatable bonds is 12. The molecule has 2 aliphatic rings. The highest BCUT2D eigenvalue weighted by Crippen LogP contribution is 2.42. The molecule has 0 unspecified atom stereocenters. The molecule has 48 heavy (non-hydrogen) atoms. The number of carbonyl (C=O) groups is 1. The van der Waals surface area contributed by atoms with E-state index in [1.807, 2.05) is 36.4 Å². The van der Waals surface area contributed by atoms with Gasteiger partial charge >= 0.3 is 0 Å². The molecule has 0 bridgehead atoms. The van der Waals surface area contributed by atoms with Crippen molar-refractivity contribution in [1.29, 1.82) is 0 Å². The van der Waals surface area contributed by atoms with E-state index < -0.39 is 6.10 Å². The lowest BCUT2D eigenvalue weighted by molar-refractivity contribution is -0.119. The molecule has 4 heterocycles. The number of aliphatic hydroxyl groups is 1. The molecule has 2 saturated heterocycles. The highest BCUT2D eigenvalue weighted by molar-refractivity contribution is 6.39. The van der Waals surface area contributed by atoms with E-state index in [2.05, 4.69) is 20.6 Å². The number of nitrogens with zero attached hydrogens (tertiary/aromatic N) is 4. The third kappa shape index (κ3) is 7.55. The fraction of sp³-hybridized carbons (Fsp3) is 0.400. The van der Waals surface area contributed by atoms with Gasteiger partial charge in [-0.2, -0.15) is 0 Å². The smallest absolute Gasteiger partial charge is 0.237 e. The molecule has 6 rings (SSSR count). The van der Waals surface area contributed by atoms with Gasteiger partial charge in [0.05, 0.1) is 66.8 Å². The average molecular weight is 694 g/mol. The fourth-order valence-electron chi connectivity index (χ4n) is 6.11. The van der Waals surface area contributed by atoms with E-state index in [1.165, 1.54) is 0 Å². The van der Waals surface area contributed by atoms with Gasteiger partial charge in [-0.3, -0.25) is 14.8 Å². The van der Waals surface area contributed by atoms with Crippen LogP contribution >= 0.6 is 23.2 Å². The first-order valence-corrected chi connectivity index (χ1v) is 16.8. The van der Waals surface area contributed by atoms with Crippen molar-refractivity contribution < 1.29 is 24.1 Å². The van der Waals surface area contributed by atoms with Gasteiger partial charge in [-0.25, -0.2) is 9.97 Å². The Morgan fingerprint density at radius 1 is 0.917 bits per heavy atom. The van der Waals surface area contributed by atoms with Crippen LogP contribution in [0.1, 0.15) is 43.5 Å². The second-order valence-electron chi connectivity index (χ2n) is 11.9. The lowest BCUT2D eigenvalue weighted by atomic mass is 9.98. The summed E-state index contributed by atoms with van der Waals surface area (Å²) >= 11 is 14.1. The summed E-state index contributed by atoms with van der Waals surface area (Å²) in [5.74, 6) is 0.918. The molecular weight excluding hydrogens is 655 g/mol. The molecular formula is C35H38Cl2N6O5. The first kappa shape index (κ1) is 34.0. The SMILES string of the molecule is COc1nc(-c2cccc(-c3cccc(-c4cnc(CN[C@@H]5COCC[C@H]5O)c(OC)n4)c3Cl)c2Cl)cnc1CCC[C@@H]1CCC(=O)N1. The highest BCUT2D eigenvalue weighted by Gasteiger charge is 2.25. The summed E-state index contributed by atoms with van der Waals surface area (Å²) in [5, 5.41) is 17.5. The van der Waals surface area contributed by atoms with E-state index in [-0.39, 0.29) is 18.0 Å². The van der Waals surface area contributed by atoms with E-state index in [0.29, 0.717) is 89.0 Å². The number of halogens is 2. The van der Waals surface area contributed by atoms with Crippen LogP contribution in [0.2, 0.25) is 10.0 Å². The monoisotopic (exact) mass is 692 g/mol. The summed E-state index contributed by atoms with van der Waals surface area (Å²) in [5.41, 5.74) is 5.27. The van der Waals surface area contributed by atoms with Crippen LogP contribution in [0.3, 0.4) is 0 Å². The number of methoxy groups -OCH3 is 2. The second-order valence-corrected chi connectivity index (χ2v) is 12.6. The maximum Gasteiger partial charge on any atom is 0.237 e. The maximum atomic E-state index is 11.5. The van der Waals surface area contributed by atoms with Gasteiger partial charge in [0.25, 0.3) is 0 Å². The summed E-state index contributed by atoms with van der Waals surface area (Å²) in [4.78, 5) is 30.3. The quantitative estimate of drug-likeness (QED) is 0.176. The first-order valence-electron chi connectivity index (χ1n) is 16.0. The van der Waals surface area contributed by atoms with Crippen LogP contribution < -0.4 is 20.1 Å². The number of nitrogens with one attached hydrogen (secondary N) is 2. The Kier molecular flexibility index (Phi) is 11.0. The number of carbonyl (C=O) groups excluding carboxylic acids is 1. The summed E-state index contributed by atoms with van der Waals surface area (Å²) < 4.78 is 16.7. The second kappa shape index (κ2) is 15.6. The molecule has 2 fully saturated rings. The minimum atomic E-state index is -0.485. The van der Waals surface area contributed by atoms with E-state index >= 15 is 0 Å². The van der Waals surface area contributed by atoms with Gasteiger partial charge in [-0.1, -0.05) is 59.6 Å². The zero-order valence-corrected chi connectivity index (χ0v) is 28.4. The van der Waals surface area contributed by atoms with Gasteiger partial charge in [0.2, 0.25) is 17.7 Å². The van der Waals surface area contributed by atoms with Crippen LogP contribution in [0.5, 0.6) is 11.8 Å². The van der Waals surface area contributed by atoms with Gasteiger partial charge in [0.15, 0.2) is 0 Å². The third-order valence-electron chi connectivity index (χ3n) is 8.75.